The zero-order chi connectivity index (χ0) is 19.1. The van der Waals surface area contributed by atoms with E-state index in [0.717, 1.165) is 48.5 Å². The maximum absolute atomic E-state index is 12.8. The molecule has 0 aliphatic carbocycles. The molecule has 0 radical (unpaired) electrons. The Kier molecular flexibility index (Phi) is 4.97. The molecule has 27 heavy (non-hydrogen) atoms. The number of fused-ring (bicyclic) bond motifs is 1. The molecule has 1 saturated heterocycles. The number of amides is 1. The second-order valence-electron chi connectivity index (χ2n) is 6.94. The van der Waals surface area contributed by atoms with Gasteiger partial charge >= 0.3 is 0 Å². The molecule has 3 aliphatic heterocycles. The van der Waals surface area contributed by atoms with E-state index in [9.17, 15) is 4.79 Å². The maximum atomic E-state index is 12.8. The van der Waals surface area contributed by atoms with Crippen molar-refractivity contribution < 1.29 is 4.79 Å². The van der Waals surface area contributed by atoms with Crippen LogP contribution in [0.4, 0.5) is 0 Å². The Balaban J connectivity index is 1.73. The first-order valence-corrected chi connectivity index (χ1v) is 9.83. The highest BCUT2D eigenvalue weighted by molar-refractivity contribution is 6.36. The summed E-state index contributed by atoms with van der Waals surface area (Å²) in [6.07, 6.45) is 2.11. The third-order valence-corrected chi connectivity index (χ3v) is 5.77. The topological polar surface area (TPSA) is 74.3 Å². The van der Waals surface area contributed by atoms with Gasteiger partial charge < -0.3 is 15.5 Å². The van der Waals surface area contributed by atoms with Gasteiger partial charge in [-0.2, -0.15) is 0 Å². The van der Waals surface area contributed by atoms with Crippen molar-refractivity contribution in [2.45, 2.75) is 25.8 Å². The van der Waals surface area contributed by atoms with Crippen molar-refractivity contribution in [1.29, 1.82) is 0 Å². The summed E-state index contributed by atoms with van der Waals surface area (Å²) in [5.74, 6) is 0.612. The van der Waals surface area contributed by atoms with Crippen molar-refractivity contribution >= 4 is 46.5 Å². The molecule has 6 nitrogen and oxygen atoms in total. The van der Waals surface area contributed by atoms with Gasteiger partial charge in [-0.1, -0.05) is 23.2 Å². The third kappa shape index (κ3) is 3.26. The van der Waals surface area contributed by atoms with Crippen LogP contribution in [0, 0.1) is 0 Å². The van der Waals surface area contributed by atoms with Crippen LogP contribution in [0.1, 0.15) is 25.3 Å². The first kappa shape index (κ1) is 18.5. The van der Waals surface area contributed by atoms with Gasteiger partial charge in [0, 0.05) is 41.5 Å². The Morgan fingerprint density at radius 1 is 1.30 bits per heavy atom. The van der Waals surface area contributed by atoms with Crippen LogP contribution >= 0.6 is 23.2 Å². The standard InChI is InChI=1S/C19H21Cl2N5O/c1-11-14(9-22)17(13-5-4-12(20)8-15(13)21)26-10-16(24-19(26)23-11)18(27)25-6-2-3-7-25/h4-5,8,16H,2-3,6-7,9-10,22H2,1H3. The van der Waals surface area contributed by atoms with E-state index in [1.165, 1.54) is 0 Å². The Bertz CT molecular complexity index is 886. The van der Waals surface area contributed by atoms with Gasteiger partial charge in [0.2, 0.25) is 11.9 Å². The molecular formula is C19H21Cl2N5O. The fourth-order valence-electron chi connectivity index (χ4n) is 3.85. The summed E-state index contributed by atoms with van der Waals surface area (Å²) < 4.78 is 0. The zero-order valence-corrected chi connectivity index (χ0v) is 16.6. The van der Waals surface area contributed by atoms with E-state index in [1.54, 1.807) is 12.1 Å². The van der Waals surface area contributed by atoms with Crippen LogP contribution in [-0.4, -0.2) is 59.6 Å². The first-order valence-electron chi connectivity index (χ1n) is 9.08. The van der Waals surface area contributed by atoms with Crippen LogP contribution in [0.5, 0.6) is 0 Å². The first-order chi connectivity index (χ1) is 13.0. The summed E-state index contributed by atoms with van der Waals surface area (Å²) >= 11 is 12.6. The zero-order valence-electron chi connectivity index (χ0n) is 15.1. The van der Waals surface area contributed by atoms with Gasteiger partial charge in [-0.25, -0.2) is 9.98 Å². The summed E-state index contributed by atoms with van der Waals surface area (Å²) in [6.45, 7) is 4.28. The van der Waals surface area contributed by atoms with Crippen LogP contribution in [-0.2, 0) is 4.79 Å². The average Bonchev–Trinajstić information content (AvgIpc) is 3.30. The van der Waals surface area contributed by atoms with Crippen molar-refractivity contribution in [2.24, 2.45) is 15.7 Å². The minimum absolute atomic E-state index is 0.0677. The van der Waals surface area contributed by atoms with Gasteiger partial charge in [-0.05, 0) is 38.0 Å². The summed E-state index contributed by atoms with van der Waals surface area (Å²) in [5.41, 5.74) is 9.40. The van der Waals surface area contributed by atoms with Gasteiger partial charge in [0.05, 0.1) is 17.3 Å². The number of hydrogen-bond acceptors (Lipinski definition) is 5. The van der Waals surface area contributed by atoms with Crippen molar-refractivity contribution in [1.82, 2.24) is 9.80 Å². The summed E-state index contributed by atoms with van der Waals surface area (Å²) in [7, 11) is 0. The molecule has 4 rings (SSSR count). The van der Waals surface area contributed by atoms with Gasteiger partial charge in [-0.15, -0.1) is 0 Å². The second-order valence-corrected chi connectivity index (χ2v) is 7.78. The number of hydrogen-bond donors (Lipinski definition) is 1. The van der Waals surface area contributed by atoms with Crippen molar-refractivity contribution in [3.05, 3.63) is 39.4 Å². The molecule has 1 atom stereocenters. The maximum Gasteiger partial charge on any atom is 0.249 e. The lowest BCUT2D eigenvalue weighted by molar-refractivity contribution is -0.131. The van der Waals surface area contributed by atoms with Crippen LogP contribution in [0.2, 0.25) is 10.0 Å². The van der Waals surface area contributed by atoms with Gasteiger partial charge in [0.1, 0.15) is 0 Å². The van der Waals surface area contributed by atoms with Gasteiger partial charge in [-0.3, -0.25) is 4.79 Å². The van der Waals surface area contributed by atoms with Crippen LogP contribution in [0.3, 0.4) is 0 Å². The molecule has 1 unspecified atom stereocenters. The SMILES string of the molecule is CC1=NC2=NC(C(=O)N3CCCC3)CN2C(c2ccc(Cl)cc2Cl)=C1CN. The Morgan fingerprint density at radius 3 is 2.70 bits per heavy atom. The molecule has 0 spiro atoms. The number of rotatable bonds is 3. The van der Waals surface area contributed by atoms with E-state index in [-0.39, 0.29) is 5.91 Å². The van der Waals surface area contributed by atoms with Crippen molar-refractivity contribution in [3.63, 3.8) is 0 Å². The van der Waals surface area contributed by atoms with E-state index in [0.29, 0.717) is 29.1 Å². The number of nitrogens with two attached hydrogens (primary N) is 1. The quantitative estimate of drug-likeness (QED) is 0.839. The van der Waals surface area contributed by atoms with Crippen LogP contribution in [0.25, 0.3) is 5.70 Å². The molecule has 3 aliphatic rings. The van der Waals surface area contributed by atoms with Gasteiger partial charge in [0.25, 0.3) is 0 Å². The molecular weight excluding hydrogens is 385 g/mol. The second kappa shape index (κ2) is 7.26. The third-order valence-electron chi connectivity index (χ3n) is 5.22. The normalized spacial score (nSPS) is 22.1. The number of carbonyl (C=O) groups excluding carboxylic acids is 1. The highest BCUT2D eigenvalue weighted by Crippen LogP contribution is 2.36. The minimum Gasteiger partial charge on any atom is -0.341 e. The summed E-state index contributed by atoms with van der Waals surface area (Å²) in [4.78, 5) is 25.9. The predicted octanol–water partition coefficient (Wildman–Crippen LogP) is 2.80. The average molecular weight is 406 g/mol. The molecule has 3 heterocycles. The molecule has 0 saturated carbocycles. The lowest BCUT2D eigenvalue weighted by Gasteiger charge is -2.30. The highest BCUT2D eigenvalue weighted by atomic mass is 35.5. The summed E-state index contributed by atoms with van der Waals surface area (Å²) in [6, 6.07) is 4.93. The number of aliphatic imine (C=N–C) groups is 2. The minimum atomic E-state index is -0.451. The highest BCUT2D eigenvalue weighted by Gasteiger charge is 2.38. The number of halogens is 2. The number of benzene rings is 1. The van der Waals surface area contributed by atoms with E-state index in [4.69, 9.17) is 28.9 Å². The van der Waals surface area contributed by atoms with Gasteiger partial charge in [0.15, 0.2) is 6.04 Å². The number of nitrogens with zero attached hydrogens (tertiary/aromatic N) is 4. The lowest BCUT2D eigenvalue weighted by atomic mass is 10.00. The molecule has 1 amide bonds. The van der Waals surface area contributed by atoms with E-state index < -0.39 is 6.04 Å². The fraction of sp³-hybridized carbons (Fsp3) is 0.421. The van der Waals surface area contributed by atoms with E-state index >= 15 is 0 Å². The molecule has 142 valence electrons. The number of guanidine groups is 1. The molecule has 0 aromatic heterocycles. The number of carbonyl (C=O) groups is 1. The predicted molar refractivity (Wildman–Crippen MR) is 109 cm³/mol. The van der Waals surface area contributed by atoms with E-state index in [1.807, 2.05) is 22.8 Å². The molecule has 1 fully saturated rings. The Hall–Kier alpha value is -1.89. The monoisotopic (exact) mass is 405 g/mol. The molecule has 0 bridgehead atoms. The Morgan fingerprint density at radius 2 is 2.04 bits per heavy atom. The van der Waals surface area contributed by atoms with Crippen LogP contribution < -0.4 is 5.73 Å². The van der Waals surface area contributed by atoms with Crippen LogP contribution in [0.15, 0.2) is 33.8 Å². The lowest BCUT2D eigenvalue weighted by Crippen LogP contribution is -2.40. The largest absolute Gasteiger partial charge is 0.341 e. The molecule has 2 N–H and O–H groups in total. The van der Waals surface area contributed by atoms with Crippen molar-refractivity contribution in [2.75, 3.05) is 26.2 Å². The van der Waals surface area contributed by atoms with Crippen molar-refractivity contribution in [3.8, 4) is 0 Å². The molecule has 1 aromatic carbocycles. The molecule has 1 aromatic rings. The number of likely N-dealkylation sites (tertiary alicyclic amines) is 1. The molecule has 8 heteroatoms. The smallest absolute Gasteiger partial charge is 0.249 e. The Labute approximate surface area is 168 Å². The summed E-state index contributed by atoms with van der Waals surface area (Å²) in [5, 5.41) is 1.10. The van der Waals surface area contributed by atoms with E-state index in [2.05, 4.69) is 9.98 Å². The fourth-order valence-corrected chi connectivity index (χ4v) is 4.35.